The van der Waals surface area contributed by atoms with Gasteiger partial charge in [-0.05, 0) is 24.0 Å². The molecule has 0 aliphatic carbocycles. The van der Waals surface area contributed by atoms with Gasteiger partial charge < -0.3 is 14.8 Å². The van der Waals surface area contributed by atoms with Crippen molar-refractivity contribution in [1.82, 2.24) is 5.32 Å². The number of hydrogen-bond donors (Lipinski definition) is 1. The molecule has 0 aliphatic heterocycles. The highest BCUT2D eigenvalue weighted by Crippen LogP contribution is 2.26. The summed E-state index contributed by atoms with van der Waals surface area (Å²) < 4.78 is 9.55. The molecule has 0 radical (unpaired) electrons. The van der Waals surface area contributed by atoms with Crippen LogP contribution in [0.2, 0.25) is 5.02 Å². The van der Waals surface area contributed by atoms with E-state index < -0.39 is 12.1 Å². The van der Waals surface area contributed by atoms with Gasteiger partial charge in [-0.25, -0.2) is 4.79 Å². The molecular formula is C14H18ClNO4S. The molecule has 1 rings (SSSR count). The first-order valence-corrected chi connectivity index (χ1v) is 7.71. The zero-order valence-electron chi connectivity index (χ0n) is 12.1. The maximum Gasteiger partial charge on any atom is 0.336 e. The highest BCUT2D eigenvalue weighted by atomic mass is 35.5. The second-order valence-corrected chi connectivity index (χ2v) is 5.77. The van der Waals surface area contributed by atoms with Crippen molar-refractivity contribution < 1.29 is 19.1 Å². The van der Waals surface area contributed by atoms with E-state index >= 15 is 0 Å². The zero-order valence-corrected chi connectivity index (χ0v) is 13.7. The Labute approximate surface area is 133 Å². The molecule has 1 unspecified atom stereocenters. The number of carbonyl (C=O) groups is 2. The Morgan fingerprint density at radius 2 is 2.10 bits per heavy atom. The van der Waals surface area contributed by atoms with Gasteiger partial charge in [0.15, 0.2) is 6.10 Å². The lowest BCUT2D eigenvalue weighted by molar-refractivity contribution is -0.151. The molecule has 0 heterocycles. The topological polar surface area (TPSA) is 64.6 Å². The van der Waals surface area contributed by atoms with E-state index in [-0.39, 0.29) is 12.5 Å². The normalized spacial score (nSPS) is 11.8. The molecule has 1 amide bonds. The number of amides is 1. The number of carbonyl (C=O) groups excluding carboxylic acids is 2. The number of esters is 1. The van der Waals surface area contributed by atoms with Crippen molar-refractivity contribution in [2.45, 2.75) is 17.9 Å². The zero-order chi connectivity index (χ0) is 15.8. The van der Waals surface area contributed by atoms with E-state index in [0.29, 0.717) is 10.6 Å². The summed E-state index contributed by atoms with van der Waals surface area (Å²) in [6.07, 6.45) is -0.825. The van der Waals surface area contributed by atoms with Gasteiger partial charge in [-0.2, -0.15) is 0 Å². The Balaban J connectivity index is 2.77. The third kappa shape index (κ3) is 5.22. The number of benzene rings is 1. The number of ether oxygens (including phenoxy) is 2. The highest BCUT2D eigenvalue weighted by Gasteiger charge is 2.20. The Morgan fingerprint density at radius 3 is 2.67 bits per heavy atom. The predicted octanol–water partition coefficient (Wildman–Crippen LogP) is 2.37. The van der Waals surface area contributed by atoms with Crippen LogP contribution in [0.3, 0.4) is 0 Å². The monoisotopic (exact) mass is 331 g/mol. The first kappa shape index (κ1) is 17.8. The van der Waals surface area contributed by atoms with Crippen molar-refractivity contribution in [3.8, 4) is 0 Å². The van der Waals surface area contributed by atoms with Crippen LogP contribution in [-0.4, -0.2) is 44.5 Å². The number of hydrogen-bond acceptors (Lipinski definition) is 5. The summed E-state index contributed by atoms with van der Waals surface area (Å²) in [6.45, 7) is 2.03. The fourth-order valence-electron chi connectivity index (χ4n) is 1.63. The molecule has 1 aromatic carbocycles. The molecular weight excluding hydrogens is 314 g/mol. The highest BCUT2D eigenvalue weighted by molar-refractivity contribution is 7.99. The van der Waals surface area contributed by atoms with Crippen LogP contribution in [-0.2, 0) is 14.3 Å². The molecule has 5 nitrogen and oxygen atoms in total. The van der Waals surface area contributed by atoms with E-state index in [1.165, 1.54) is 26.0 Å². The first-order chi connectivity index (χ1) is 10.0. The summed E-state index contributed by atoms with van der Waals surface area (Å²) in [5, 5.41) is 3.24. The van der Waals surface area contributed by atoms with Crippen LogP contribution >= 0.6 is 23.4 Å². The van der Waals surface area contributed by atoms with E-state index in [1.807, 2.05) is 6.92 Å². The molecule has 0 bridgehead atoms. The van der Waals surface area contributed by atoms with Crippen molar-refractivity contribution >= 4 is 35.2 Å². The van der Waals surface area contributed by atoms with Gasteiger partial charge in [-0.15, -0.1) is 11.8 Å². The summed E-state index contributed by atoms with van der Waals surface area (Å²) in [5.74, 6) is 0.00867. The molecule has 1 N–H and O–H groups in total. The van der Waals surface area contributed by atoms with Gasteiger partial charge in [0.2, 0.25) is 0 Å². The standard InChI is InChI=1S/C14H18ClNO4S/c1-4-21-12-7-9(15)5-6-10(12)13(17)16-8-11(19-2)14(18)20-3/h5-7,11H,4,8H2,1-3H3,(H,16,17). The lowest BCUT2D eigenvalue weighted by atomic mass is 10.2. The molecule has 1 aromatic rings. The van der Waals surface area contributed by atoms with E-state index in [0.717, 1.165) is 10.6 Å². The third-order valence-corrected chi connectivity index (χ3v) is 3.86. The number of methoxy groups -OCH3 is 2. The Morgan fingerprint density at radius 1 is 1.38 bits per heavy atom. The molecule has 0 saturated heterocycles. The average Bonchev–Trinajstić information content (AvgIpc) is 2.47. The van der Waals surface area contributed by atoms with Crippen molar-refractivity contribution in [2.24, 2.45) is 0 Å². The van der Waals surface area contributed by atoms with Crippen molar-refractivity contribution in [2.75, 3.05) is 26.5 Å². The summed E-state index contributed by atoms with van der Waals surface area (Å²) in [6, 6.07) is 5.07. The predicted molar refractivity (Wildman–Crippen MR) is 83.0 cm³/mol. The van der Waals surface area contributed by atoms with Crippen molar-refractivity contribution in [3.05, 3.63) is 28.8 Å². The molecule has 116 valence electrons. The molecule has 0 aromatic heterocycles. The second-order valence-electron chi connectivity index (χ2n) is 4.03. The van der Waals surface area contributed by atoms with Crippen LogP contribution in [0.25, 0.3) is 0 Å². The van der Waals surface area contributed by atoms with Gasteiger partial charge in [0.05, 0.1) is 19.2 Å². The van der Waals surface area contributed by atoms with Gasteiger partial charge in [0, 0.05) is 17.0 Å². The van der Waals surface area contributed by atoms with Crippen molar-refractivity contribution in [1.29, 1.82) is 0 Å². The third-order valence-electron chi connectivity index (χ3n) is 2.68. The van der Waals surface area contributed by atoms with E-state index in [4.69, 9.17) is 16.3 Å². The van der Waals surface area contributed by atoms with Gasteiger partial charge >= 0.3 is 5.97 Å². The lowest BCUT2D eigenvalue weighted by Crippen LogP contribution is -2.38. The smallest absolute Gasteiger partial charge is 0.336 e. The van der Waals surface area contributed by atoms with Crippen LogP contribution in [0.15, 0.2) is 23.1 Å². The minimum atomic E-state index is -0.825. The SMILES string of the molecule is CCSc1cc(Cl)ccc1C(=O)NCC(OC)C(=O)OC. The fraction of sp³-hybridized carbons (Fsp3) is 0.429. The summed E-state index contributed by atoms with van der Waals surface area (Å²) in [7, 11) is 2.65. The maximum atomic E-state index is 12.2. The minimum absolute atomic E-state index is 0.0425. The van der Waals surface area contributed by atoms with E-state index in [1.54, 1.807) is 18.2 Å². The Kier molecular flexibility index (Phi) is 7.56. The Bertz CT molecular complexity index is 510. The quantitative estimate of drug-likeness (QED) is 0.614. The van der Waals surface area contributed by atoms with Gasteiger partial charge in [0.1, 0.15) is 0 Å². The van der Waals surface area contributed by atoms with E-state index in [2.05, 4.69) is 10.1 Å². The number of halogens is 1. The largest absolute Gasteiger partial charge is 0.467 e. The second kappa shape index (κ2) is 8.92. The van der Waals surface area contributed by atoms with Crippen molar-refractivity contribution in [3.63, 3.8) is 0 Å². The Hall–Kier alpha value is -1.24. The molecule has 0 fully saturated rings. The van der Waals surface area contributed by atoms with Crippen LogP contribution in [0.4, 0.5) is 0 Å². The molecule has 7 heteroatoms. The van der Waals surface area contributed by atoms with Gasteiger partial charge in [0.25, 0.3) is 5.91 Å². The maximum absolute atomic E-state index is 12.2. The number of thioether (sulfide) groups is 1. The lowest BCUT2D eigenvalue weighted by Gasteiger charge is -2.14. The van der Waals surface area contributed by atoms with Crippen LogP contribution in [0.1, 0.15) is 17.3 Å². The fourth-order valence-corrected chi connectivity index (χ4v) is 2.71. The minimum Gasteiger partial charge on any atom is -0.467 e. The van der Waals surface area contributed by atoms with Crippen LogP contribution in [0.5, 0.6) is 0 Å². The summed E-state index contributed by atoms with van der Waals surface area (Å²) in [4.78, 5) is 24.4. The number of rotatable bonds is 7. The number of nitrogens with one attached hydrogen (secondary N) is 1. The molecule has 0 aliphatic rings. The summed E-state index contributed by atoms with van der Waals surface area (Å²) in [5.41, 5.74) is 0.519. The molecule has 0 spiro atoms. The summed E-state index contributed by atoms with van der Waals surface area (Å²) >= 11 is 7.47. The van der Waals surface area contributed by atoms with Crippen LogP contribution < -0.4 is 5.32 Å². The average molecular weight is 332 g/mol. The molecule has 0 saturated carbocycles. The molecule has 21 heavy (non-hydrogen) atoms. The van der Waals surface area contributed by atoms with Crippen LogP contribution in [0, 0.1) is 0 Å². The van der Waals surface area contributed by atoms with Gasteiger partial charge in [-0.1, -0.05) is 18.5 Å². The van der Waals surface area contributed by atoms with Gasteiger partial charge in [-0.3, -0.25) is 4.79 Å². The molecule has 1 atom stereocenters. The first-order valence-electron chi connectivity index (χ1n) is 6.34. The van der Waals surface area contributed by atoms with E-state index in [9.17, 15) is 9.59 Å².